The number of ether oxygens (including phenoxy) is 1. The molecule has 0 unspecified atom stereocenters. The highest BCUT2D eigenvalue weighted by atomic mass is 32.2. The van der Waals surface area contributed by atoms with Gasteiger partial charge < -0.3 is 10.5 Å². The number of benzene rings is 2. The van der Waals surface area contributed by atoms with Gasteiger partial charge in [-0.2, -0.15) is 0 Å². The lowest BCUT2D eigenvalue weighted by Gasteiger charge is -2.13. The Hall–Kier alpha value is -2.05. The molecule has 2 rings (SSSR count). The summed E-state index contributed by atoms with van der Waals surface area (Å²) in [7, 11) is -2.12. The fraction of sp³-hybridized carbons (Fsp3) is 0.200. The Bertz CT molecular complexity index is 725. The second-order valence-corrected chi connectivity index (χ2v) is 6.27. The van der Waals surface area contributed by atoms with Gasteiger partial charge in [0.15, 0.2) is 0 Å². The highest BCUT2D eigenvalue weighted by Crippen LogP contribution is 2.23. The molecule has 0 saturated carbocycles. The third kappa shape index (κ3) is 3.34. The quantitative estimate of drug-likeness (QED) is 0.888. The van der Waals surface area contributed by atoms with Crippen molar-refractivity contribution in [1.29, 1.82) is 0 Å². The van der Waals surface area contributed by atoms with E-state index in [1.807, 2.05) is 13.0 Å². The fourth-order valence-corrected chi connectivity index (χ4v) is 3.12. The summed E-state index contributed by atoms with van der Waals surface area (Å²) in [5.74, 6) is 0.604. The maximum atomic E-state index is 12.4. The SMILES string of the molecule is COc1ccc(S(=O)(=O)Nc2cccc(C)c2CN)cc1. The molecule has 0 aromatic heterocycles. The molecule has 0 amide bonds. The van der Waals surface area contributed by atoms with Crippen molar-refractivity contribution in [3.05, 3.63) is 53.6 Å². The molecular formula is C15H18N2O3S. The van der Waals surface area contributed by atoms with Crippen LogP contribution in [0.2, 0.25) is 0 Å². The van der Waals surface area contributed by atoms with Crippen LogP contribution in [0.5, 0.6) is 5.75 Å². The van der Waals surface area contributed by atoms with E-state index in [-0.39, 0.29) is 11.4 Å². The van der Waals surface area contributed by atoms with Gasteiger partial charge in [-0.25, -0.2) is 8.42 Å². The van der Waals surface area contributed by atoms with Gasteiger partial charge >= 0.3 is 0 Å². The predicted molar refractivity (Wildman–Crippen MR) is 82.9 cm³/mol. The minimum Gasteiger partial charge on any atom is -0.497 e. The van der Waals surface area contributed by atoms with Crippen LogP contribution in [0.3, 0.4) is 0 Å². The van der Waals surface area contributed by atoms with Crippen LogP contribution in [0.25, 0.3) is 0 Å². The lowest BCUT2D eigenvalue weighted by Crippen LogP contribution is -2.15. The van der Waals surface area contributed by atoms with Crippen LogP contribution in [0, 0.1) is 6.92 Å². The first kappa shape index (κ1) is 15.3. The van der Waals surface area contributed by atoms with Gasteiger partial charge in [0.05, 0.1) is 17.7 Å². The van der Waals surface area contributed by atoms with Gasteiger partial charge in [-0.3, -0.25) is 4.72 Å². The minimum absolute atomic E-state index is 0.174. The number of methoxy groups -OCH3 is 1. The largest absolute Gasteiger partial charge is 0.497 e. The van der Waals surface area contributed by atoms with Gasteiger partial charge in [-0.1, -0.05) is 12.1 Å². The third-order valence-corrected chi connectivity index (χ3v) is 4.61. The van der Waals surface area contributed by atoms with Crippen LogP contribution < -0.4 is 15.2 Å². The zero-order valence-electron chi connectivity index (χ0n) is 12.0. The summed E-state index contributed by atoms with van der Waals surface area (Å²) < 4.78 is 32.4. The molecule has 0 heterocycles. The van der Waals surface area contributed by atoms with Crippen molar-refractivity contribution in [1.82, 2.24) is 0 Å². The average Bonchev–Trinajstić information content (AvgIpc) is 2.47. The van der Waals surface area contributed by atoms with Gasteiger partial charge in [0, 0.05) is 6.54 Å². The number of nitrogens with two attached hydrogens (primary N) is 1. The molecular weight excluding hydrogens is 288 g/mol. The molecule has 0 aliphatic carbocycles. The van der Waals surface area contributed by atoms with Crippen LogP contribution in [0.15, 0.2) is 47.4 Å². The molecule has 0 aliphatic rings. The van der Waals surface area contributed by atoms with Crippen LogP contribution in [-0.2, 0) is 16.6 Å². The first-order valence-electron chi connectivity index (χ1n) is 6.43. The number of sulfonamides is 1. The third-order valence-electron chi connectivity index (χ3n) is 3.23. The summed E-state index contributed by atoms with van der Waals surface area (Å²) in [5.41, 5.74) is 7.94. The van der Waals surface area contributed by atoms with Gasteiger partial charge in [-0.15, -0.1) is 0 Å². The Morgan fingerprint density at radius 2 is 1.81 bits per heavy atom. The zero-order valence-corrected chi connectivity index (χ0v) is 12.8. The molecule has 0 radical (unpaired) electrons. The van der Waals surface area contributed by atoms with Gasteiger partial charge in [0.25, 0.3) is 10.0 Å². The Morgan fingerprint density at radius 1 is 1.14 bits per heavy atom. The van der Waals surface area contributed by atoms with E-state index in [0.717, 1.165) is 11.1 Å². The van der Waals surface area contributed by atoms with E-state index < -0.39 is 10.0 Å². The van der Waals surface area contributed by atoms with E-state index in [0.29, 0.717) is 11.4 Å². The second-order valence-electron chi connectivity index (χ2n) is 4.59. The number of hydrogen-bond donors (Lipinski definition) is 2. The van der Waals surface area contributed by atoms with E-state index in [2.05, 4.69) is 4.72 Å². The number of nitrogens with one attached hydrogen (secondary N) is 1. The molecule has 21 heavy (non-hydrogen) atoms. The van der Waals surface area contributed by atoms with Crippen molar-refractivity contribution in [2.75, 3.05) is 11.8 Å². The normalized spacial score (nSPS) is 11.2. The molecule has 6 heteroatoms. The van der Waals surface area contributed by atoms with Crippen molar-refractivity contribution >= 4 is 15.7 Å². The number of rotatable bonds is 5. The van der Waals surface area contributed by atoms with Gasteiger partial charge in [0.1, 0.15) is 5.75 Å². The summed E-state index contributed by atoms with van der Waals surface area (Å²) in [6.07, 6.45) is 0. The van der Waals surface area contributed by atoms with Crippen LogP contribution in [0.4, 0.5) is 5.69 Å². The summed E-state index contributed by atoms with van der Waals surface area (Å²) in [6, 6.07) is 11.6. The molecule has 3 N–H and O–H groups in total. The standard InChI is InChI=1S/C15H18N2O3S/c1-11-4-3-5-15(14(11)10-16)17-21(18,19)13-8-6-12(20-2)7-9-13/h3-9,17H,10,16H2,1-2H3. The molecule has 0 saturated heterocycles. The minimum atomic E-state index is -3.65. The Balaban J connectivity index is 2.35. The molecule has 5 nitrogen and oxygen atoms in total. The number of anilines is 1. The molecule has 2 aromatic rings. The predicted octanol–water partition coefficient (Wildman–Crippen LogP) is 2.26. The summed E-state index contributed by atoms with van der Waals surface area (Å²) >= 11 is 0. The van der Waals surface area contributed by atoms with E-state index in [4.69, 9.17) is 10.5 Å². The molecule has 0 bridgehead atoms. The van der Waals surface area contributed by atoms with E-state index in [1.54, 1.807) is 24.3 Å². The van der Waals surface area contributed by atoms with E-state index in [1.165, 1.54) is 19.2 Å². The lowest BCUT2D eigenvalue weighted by atomic mass is 10.1. The van der Waals surface area contributed by atoms with Crippen molar-refractivity contribution in [2.45, 2.75) is 18.4 Å². The smallest absolute Gasteiger partial charge is 0.261 e. The summed E-state index contributed by atoms with van der Waals surface area (Å²) in [5, 5.41) is 0. The van der Waals surface area contributed by atoms with E-state index >= 15 is 0 Å². The topological polar surface area (TPSA) is 81.4 Å². The first-order chi connectivity index (χ1) is 9.97. The molecule has 0 spiro atoms. The fourth-order valence-electron chi connectivity index (χ4n) is 2.03. The summed E-state index contributed by atoms with van der Waals surface area (Å²) in [4.78, 5) is 0.174. The van der Waals surface area contributed by atoms with Crippen LogP contribution in [0.1, 0.15) is 11.1 Å². The molecule has 112 valence electrons. The maximum absolute atomic E-state index is 12.4. The van der Waals surface area contributed by atoms with Crippen molar-refractivity contribution < 1.29 is 13.2 Å². The second kappa shape index (κ2) is 6.15. The first-order valence-corrected chi connectivity index (χ1v) is 7.91. The van der Waals surface area contributed by atoms with Crippen molar-refractivity contribution in [2.24, 2.45) is 5.73 Å². The van der Waals surface area contributed by atoms with Crippen molar-refractivity contribution in [3.63, 3.8) is 0 Å². The summed E-state index contributed by atoms with van der Waals surface area (Å²) in [6.45, 7) is 2.17. The Morgan fingerprint density at radius 3 is 2.38 bits per heavy atom. The molecule has 0 atom stereocenters. The number of hydrogen-bond acceptors (Lipinski definition) is 4. The van der Waals surface area contributed by atoms with Crippen LogP contribution >= 0.6 is 0 Å². The molecule has 0 aliphatic heterocycles. The number of aryl methyl sites for hydroxylation is 1. The zero-order chi connectivity index (χ0) is 15.5. The monoisotopic (exact) mass is 306 g/mol. The average molecular weight is 306 g/mol. The highest BCUT2D eigenvalue weighted by molar-refractivity contribution is 7.92. The van der Waals surface area contributed by atoms with Crippen LogP contribution in [-0.4, -0.2) is 15.5 Å². The molecule has 0 fully saturated rings. The Kier molecular flexibility index (Phi) is 4.50. The van der Waals surface area contributed by atoms with Gasteiger partial charge in [0.2, 0.25) is 0 Å². The molecule has 2 aromatic carbocycles. The van der Waals surface area contributed by atoms with Crippen molar-refractivity contribution in [3.8, 4) is 5.75 Å². The van der Waals surface area contributed by atoms with E-state index in [9.17, 15) is 8.42 Å². The highest BCUT2D eigenvalue weighted by Gasteiger charge is 2.16. The maximum Gasteiger partial charge on any atom is 0.261 e. The Labute approximate surface area is 124 Å². The lowest BCUT2D eigenvalue weighted by molar-refractivity contribution is 0.414. The van der Waals surface area contributed by atoms with Gasteiger partial charge in [-0.05, 0) is 48.4 Å².